The smallest absolute Gasteiger partial charge is 0.313 e. The quantitative estimate of drug-likeness (QED) is 0.375. The SMILES string of the molecule is CCCC(C)N1C/C=C\CCC(=O)NC[C@H](c2ccccc2)OC(=O)[C@@H]2[C@H]3C(=O)N(CCCO)[C@H](C1=O)[C@]31C=C[C@H]2O1. The topological polar surface area (TPSA) is 125 Å². The predicted molar refractivity (Wildman–Crippen MR) is 154 cm³/mol. The average Bonchev–Trinajstić information content (AvgIpc) is 3.63. The summed E-state index contributed by atoms with van der Waals surface area (Å²) in [6.07, 6.45) is 8.52. The van der Waals surface area contributed by atoms with Gasteiger partial charge < -0.3 is 29.7 Å². The van der Waals surface area contributed by atoms with E-state index in [0.717, 1.165) is 12.8 Å². The summed E-state index contributed by atoms with van der Waals surface area (Å²) in [4.78, 5) is 58.4. The molecule has 0 saturated carbocycles. The molecule has 0 radical (unpaired) electrons. The van der Waals surface area contributed by atoms with Crippen LogP contribution in [-0.4, -0.2) is 88.6 Å². The number of esters is 1. The highest BCUT2D eigenvalue weighted by molar-refractivity contribution is 5.99. The second kappa shape index (κ2) is 12.8. The summed E-state index contributed by atoms with van der Waals surface area (Å²) in [5, 5.41) is 12.5. The molecule has 1 aromatic rings. The molecule has 2 fully saturated rings. The van der Waals surface area contributed by atoms with Crippen molar-refractivity contribution in [2.45, 2.75) is 75.8 Å². The maximum atomic E-state index is 14.5. The minimum atomic E-state index is -1.31. The monoisotopic (exact) mass is 579 g/mol. The molecule has 10 heteroatoms. The van der Waals surface area contributed by atoms with E-state index in [4.69, 9.17) is 9.47 Å². The van der Waals surface area contributed by atoms with E-state index < -0.39 is 41.7 Å². The molecule has 7 atom stereocenters. The number of likely N-dealkylation sites (tertiary alicyclic amines) is 1. The van der Waals surface area contributed by atoms with Gasteiger partial charge in [-0.3, -0.25) is 19.2 Å². The van der Waals surface area contributed by atoms with Gasteiger partial charge >= 0.3 is 5.97 Å². The van der Waals surface area contributed by atoms with Crippen molar-refractivity contribution in [2.24, 2.45) is 11.8 Å². The molecule has 5 rings (SSSR count). The van der Waals surface area contributed by atoms with E-state index in [-0.39, 0.29) is 49.9 Å². The number of amides is 3. The van der Waals surface area contributed by atoms with Crippen molar-refractivity contribution in [3.8, 4) is 0 Å². The van der Waals surface area contributed by atoms with Crippen LogP contribution in [-0.2, 0) is 28.7 Å². The molecule has 4 heterocycles. The van der Waals surface area contributed by atoms with Gasteiger partial charge in [-0.1, -0.05) is 68.0 Å². The lowest BCUT2D eigenvalue weighted by atomic mass is 9.74. The molecule has 0 aromatic heterocycles. The van der Waals surface area contributed by atoms with Gasteiger partial charge in [-0.25, -0.2) is 0 Å². The van der Waals surface area contributed by atoms with Crippen LogP contribution in [0.2, 0.25) is 0 Å². The maximum Gasteiger partial charge on any atom is 0.313 e. The normalized spacial score (nSPS) is 33.0. The van der Waals surface area contributed by atoms with Crippen molar-refractivity contribution in [1.82, 2.24) is 15.1 Å². The highest BCUT2D eigenvalue weighted by atomic mass is 16.6. The molecule has 1 aromatic carbocycles. The molecule has 1 spiro atoms. The van der Waals surface area contributed by atoms with Crippen LogP contribution in [0.4, 0.5) is 0 Å². The van der Waals surface area contributed by atoms with Crippen molar-refractivity contribution >= 4 is 23.7 Å². The molecule has 10 nitrogen and oxygen atoms in total. The summed E-state index contributed by atoms with van der Waals surface area (Å²) in [5.74, 6) is -3.26. The fourth-order valence-corrected chi connectivity index (χ4v) is 6.85. The average molecular weight is 580 g/mol. The van der Waals surface area contributed by atoms with E-state index in [1.807, 2.05) is 49.4 Å². The third-order valence-electron chi connectivity index (χ3n) is 8.88. The lowest BCUT2D eigenvalue weighted by Crippen LogP contribution is -2.57. The number of nitrogens with one attached hydrogen (secondary N) is 1. The zero-order valence-electron chi connectivity index (χ0n) is 24.3. The van der Waals surface area contributed by atoms with Crippen molar-refractivity contribution in [2.75, 3.05) is 26.2 Å². The number of hydrogen-bond donors (Lipinski definition) is 2. The Morgan fingerprint density at radius 3 is 2.64 bits per heavy atom. The molecule has 1 unspecified atom stereocenters. The number of aliphatic hydroxyl groups excluding tert-OH is 1. The van der Waals surface area contributed by atoms with Gasteiger partial charge in [0.2, 0.25) is 17.7 Å². The van der Waals surface area contributed by atoms with E-state index in [2.05, 4.69) is 12.2 Å². The number of cyclic esters (lactones) is 1. The minimum absolute atomic E-state index is 0.0855. The summed E-state index contributed by atoms with van der Waals surface area (Å²) in [6.45, 7) is 4.47. The second-order valence-electron chi connectivity index (χ2n) is 11.6. The van der Waals surface area contributed by atoms with Gasteiger partial charge in [-0.2, -0.15) is 0 Å². The molecule has 4 aliphatic rings. The van der Waals surface area contributed by atoms with Crippen LogP contribution in [0, 0.1) is 11.8 Å². The number of aliphatic hydroxyl groups is 1. The van der Waals surface area contributed by atoms with Crippen LogP contribution in [0.5, 0.6) is 0 Å². The maximum absolute atomic E-state index is 14.5. The Balaban J connectivity index is 1.55. The summed E-state index contributed by atoms with van der Waals surface area (Å²) < 4.78 is 12.5. The molecule has 3 amide bonds. The first kappa shape index (κ1) is 30.0. The first-order valence-corrected chi connectivity index (χ1v) is 15.1. The number of carbonyl (C=O) groups is 4. The summed E-state index contributed by atoms with van der Waals surface area (Å²) in [6, 6.07) is 8.08. The van der Waals surface area contributed by atoms with Crippen molar-refractivity contribution in [3.05, 3.63) is 60.2 Å². The van der Waals surface area contributed by atoms with Gasteiger partial charge in [0.05, 0.1) is 18.6 Å². The highest BCUT2D eigenvalue weighted by Crippen LogP contribution is 2.56. The lowest BCUT2D eigenvalue weighted by molar-refractivity contribution is -0.159. The standard InChI is InChI=1S/C32H41N3O7/c1-3-11-21(2)34-17-9-5-8-14-25(37)33-20-24(22-12-6-4-7-13-22)41-31(40)26-23-15-16-32(42-23)27(26)29(38)35(18-10-19-36)28(32)30(34)39/h4-7,9,12-13,15-16,21,23-24,26-28,36H,3,8,10-11,14,17-20H2,1-2H3,(H,33,37)/b9-5-/t21?,23-,24-,26+,27+,28-,32+/m1/s1. The molecule has 226 valence electrons. The van der Waals surface area contributed by atoms with E-state index in [0.29, 0.717) is 24.9 Å². The number of ether oxygens (including phenoxy) is 2. The number of benzene rings is 1. The zero-order chi connectivity index (χ0) is 29.9. The summed E-state index contributed by atoms with van der Waals surface area (Å²) in [5.41, 5.74) is -0.592. The fourth-order valence-electron chi connectivity index (χ4n) is 6.85. The highest BCUT2D eigenvalue weighted by Gasteiger charge is 2.73. The molecule has 5 bridgehead atoms. The van der Waals surface area contributed by atoms with E-state index >= 15 is 0 Å². The van der Waals surface area contributed by atoms with Gasteiger partial charge in [0.15, 0.2) is 0 Å². The number of fused-ring (bicyclic) bond motifs is 2. The van der Waals surface area contributed by atoms with Crippen LogP contribution in [0.1, 0.15) is 57.6 Å². The fraction of sp³-hybridized carbons (Fsp3) is 0.562. The zero-order valence-corrected chi connectivity index (χ0v) is 24.3. The Morgan fingerprint density at radius 1 is 1.12 bits per heavy atom. The minimum Gasteiger partial charge on any atom is -0.455 e. The van der Waals surface area contributed by atoms with E-state index in [1.54, 1.807) is 17.1 Å². The third kappa shape index (κ3) is 5.49. The largest absolute Gasteiger partial charge is 0.455 e. The third-order valence-corrected chi connectivity index (χ3v) is 8.88. The number of carbonyl (C=O) groups excluding carboxylic acids is 4. The predicted octanol–water partition coefficient (Wildman–Crippen LogP) is 2.29. The van der Waals surface area contributed by atoms with Gasteiger partial charge in [0.25, 0.3) is 0 Å². The Labute approximate surface area is 246 Å². The number of nitrogens with zero attached hydrogens (tertiary/aromatic N) is 2. The lowest BCUT2D eigenvalue weighted by Gasteiger charge is -2.38. The van der Waals surface area contributed by atoms with Crippen LogP contribution >= 0.6 is 0 Å². The van der Waals surface area contributed by atoms with E-state index in [1.165, 1.54) is 4.90 Å². The molecule has 2 N–H and O–H groups in total. The van der Waals surface area contributed by atoms with Crippen LogP contribution in [0.3, 0.4) is 0 Å². The summed E-state index contributed by atoms with van der Waals surface area (Å²) >= 11 is 0. The Hall–Kier alpha value is -3.50. The second-order valence-corrected chi connectivity index (χ2v) is 11.6. The first-order valence-electron chi connectivity index (χ1n) is 15.1. The van der Waals surface area contributed by atoms with Gasteiger partial charge in [0.1, 0.15) is 23.7 Å². The summed E-state index contributed by atoms with van der Waals surface area (Å²) in [7, 11) is 0. The molecular formula is C32H41N3O7. The van der Waals surface area contributed by atoms with Crippen LogP contribution in [0.25, 0.3) is 0 Å². The van der Waals surface area contributed by atoms with Crippen molar-refractivity contribution in [1.29, 1.82) is 0 Å². The van der Waals surface area contributed by atoms with Crippen molar-refractivity contribution < 1.29 is 33.8 Å². The Kier molecular flexibility index (Phi) is 9.13. The number of rotatable bonds is 7. The number of allylic oxidation sites excluding steroid dienone is 1. The molecule has 42 heavy (non-hydrogen) atoms. The van der Waals surface area contributed by atoms with Crippen molar-refractivity contribution in [3.63, 3.8) is 0 Å². The van der Waals surface area contributed by atoms with E-state index in [9.17, 15) is 24.3 Å². The first-order chi connectivity index (χ1) is 20.3. The Morgan fingerprint density at radius 2 is 1.90 bits per heavy atom. The van der Waals surface area contributed by atoms with Crippen LogP contribution < -0.4 is 5.32 Å². The van der Waals surface area contributed by atoms with Gasteiger partial charge in [0, 0.05) is 32.2 Å². The molecule has 2 saturated heterocycles. The Bertz CT molecular complexity index is 1230. The number of hydrogen-bond acceptors (Lipinski definition) is 7. The van der Waals surface area contributed by atoms with Gasteiger partial charge in [-0.15, -0.1) is 0 Å². The molecule has 4 aliphatic heterocycles. The van der Waals surface area contributed by atoms with Gasteiger partial charge in [-0.05, 0) is 31.7 Å². The molecule has 0 aliphatic carbocycles. The van der Waals surface area contributed by atoms with Crippen LogP contribution in [0.15, 0.2) is 54.6 Å². The molecular weight excluding hydrogens is 538 g/mol.